The average molecular weight is 324 g/mol. The van der Waals surface area contributed by atoms with Gasteiger partial charge >= 0.3 is 5.97 Å². The number of aromatic amines is 1. The molecule has 0 unspecified atom stereocenters. The minimum Gasteiger partial charge on any atom is -0.464 e. The molecule has 0 aliphatic rings. The standard InChI is InChI=1S/C15H20N2O4S/c1-4-7-17(2)22(19,20)10-11-5-6-12-9-14(15(18)21-3)16-13(12)8-11/h5-6,8-9,16H,4,7,10H2,1-3H3. The number of carbonyl (C=O) groups is 1. The zero-order valence-corrected chi connectivity index (χ0v) is 13.7. The zero-order valence-electron chi connectivity index (χ0n) is 12.9. The topological polar surface area (TPSA) is 79.5 Å². The molecule has 1 heterocycles. The molecule has 1 aromatic heterocycles. The molecule has 22 heavy (non-hydrogen) atoms. The lowest BCUT2D eigenvalue weighted by Crippen LogP contribution is -2.28. The lowest BCUT2D eigenvalue weighted by atomic mass is 10.2. The summed E-state index contributed by atoms with van der Waals surface area (Å²) in [7, 11) is -0.431. The molecule has 0 fully saturated rings. The summed E-state index contributed by atoms with van der Waals surface area (Å²) in [6.45, 7) is 2.44. The van der Waals surface area contributed by atoms with E-state index in [1.807, 2.05) is 6.92 Å². The molecular formula is C15H20N2O4S. The molecule has 0 aliphatic heterocycles. The van der Waals surface area contributed by atoms with Gasteiger partial charge in [0.2, 0.25) is 10.0 Å². The van der Waals surface area contributed by atoms with Crippen molar-refractivity contribution < 1.29 is 17.9 Å². The Kier molecular flexibility index (Phi) is 4.87. The summed E-state index contributed by atoms with van der Waals surface area (Å²) in [5.74, 6) is -0.514. The first-order valence-corrected chi connectivity index (χ1v) is 8.62. The fourth-order valence-corrected chi connectivity index (χ4v) is 3.54. The van der Waals surface area contributed by atoms with Gasteiger partial charge in [0, 0.05) is 24.5 Å². The Hall–Kier alpha value is -1.86. The molecule has 0 bridgehead atoms. The molecule has 0 atom stereocenters. The summed E-state index contributed by atoms with van der Waals surface area (Å²) in [5.41, 5.74) is 1.74. The molecule has 120 valence electrons. The highest BCUT2D eigenvalue weighted by molar-refractivity contribution is 7.88. The second-order valence-corrected chi connectivity index (χ2v) is 7.25. The van der Waals surface area contributed by atoms with E-state index in [-0.39, 0.29) is 5.75 Å². The van der Waals surface area contributed by atoms with Crippen molar-refractivity contribution in [1.82, 2.24) is 9.29 Å². The highest BCUT2D eigenvalue weighted by atomic mass is 32.2. The minimum absolute atomic E-state index is 0.0635. The third-order valence-corrected chi connectivity index (χ3v) is 5.29. The van der Waals surface area contributed by atoms with Crippen LogP contribution in [0.4, 0.5) is 0 Å². The van der Waals surface area contributed by atoms with Crippen LogP contribution in [0.2, 0.25) is 0 Å². The summed E-state index contributed by atoms with van der Waals surface area (Å²) in [6.07, 6.45) is 0.772. The number of nitrogens with one attached hydrogen (secondary N) is 1. The van der Waals surface area contributed by atoms with Crippen molar-refractivity contribution in [3.63, 3.8) is 0 Å². The number of sulfonamides is 1. The number of rotatable bonds is 6. The number of methoxy groups -OCH3 is 1. The molecule has 2 rings (SSSR count). The molecule has 7 heteroatoms. The molecule has 2 aromatic rings. The number of aromatic nitrogens is 1. The van der Waals surface area contributed by atoms with E-state index in [9.17, 15) is 13.2 Å². The van der Waals surface area contributed by atoms with Crippen LogP contribution in [0, 0.1) is 0 Å². The molecule has 0 aliphatic carbocycles. The number of ether oxygens (including phenoxy) is 1. The van der Waals surface area contributed by atoms with Crippen molar-refractivity contribution in [3.05, 3.63) is 35.5 Å². The summed E-state index contributed by atoms with van der Waals surface area (Å²) in [4.78, 5) is 14.4. The Morgan fingerprint density at radius 3 is 2.68 bits per heavy atom. The summed E-state index contributed by atoms with van der Waals surface area (Å²) < 4.78 is 30.5. The highest BCUT2D eigenvalue weighted by Crippen LogP contribution is 2.20. The van der Waals surface area contributed by atoms with Crippen molar-refractivity contribution in [2.75, 3.05) is 20.7 Å². The normalized spacial score (nSPS) is 12.0. The second-order valence-electron chi connectivity index (χ2n) is 5.17. The molecule has 0 saturated carbocycles. The Labute approximate surface area is 130 Å². The lowest BCUT2D eigenvalue weighted by Gasteiger charge is -2.16. The first kappa shape index (κ1) is 16.5. The molecule has 0 radical (unpaired) electrons. The monoisotopic (exact) mass is 324 g/mol. The Balaban J connectivity index is 2.28. The van der Waals surface area contributed by atoms with Gasteiger partial charge in [-0.1, -0.05) is 19.1 Å². The van der Waals surface area contributed by atoms with E-state index >= 15 is 0 Å². The van der Waals surface area contributed by atoms with E-state index in [1.165, 1.54) is 11.4 Å². The third-order valence-electron chi connectivity index (χ3n) is 3.45. The van der Waals surface area contributed by atoms with Crippen LogP contribution < -0.4 is 0 Å². The van der Waals surface area contributed by atoms with E-state index in [1.54, 1.807) is 31.3 Å². The Morgan fingerprint density at radius 1 is 1.32 bits per heavy atom. The van der Waals surface area contributed by atoms with Gasteiger partial charge in [0.1, 0.15) is 5.69 Å². The fourth-order valence-electron chi connectivity index (χ4n) is 2.26. The van der Waals surface area contributed by atoms with E-state index in [2.05, 4.69) is 9.72 Å². The number of hydrogen-bond acceptors (Lipinski definition) is 4. The Bertz CT molecular complexity index is 780. The number of esters is 1. The molecule has 1 N–H and O–H groups in total. The van der Waals surface area contributed by atoms with Gasteiger partial charge in [-0.3, -0.25) is 0 Å². The lowest BCUT2D eigenvalue weighted by molar-refractivity contribution is 0.0595. The first-order chi connectivity index (χ1) is 10.4. The smallest absolute Gasteiger partial charge is 0.354 e. The van der Waals surface area contributed by atoms with E-state index in [4.69, 9.17) is 0 Å². The highest BCUT2D eigenvalue weighted by Gasteiger charge is 2.18. The number of fused-ring (bicyclic) bond motifs is 1. The van der Waals surface area contributed by atoms with Crippen LogP contribution in [-0.4, -0.2) is 44.4 Å². The van der Waals surface area contributed by atoms with Crippen LogP contribution >= 0.6 is 0 Å². The second kappa shape index (κ2) is 6.50. The van der Waals surface area contributed by atoms with E-state index in [0.717, 1.165) is 11.8 Å². The maximum absolute atomic E-state index is 12.2. The zero-order chi connectivity index (χ0) is 16.3. The van der Waals surface area contributed by atoms with Crippen LogP contribution in [0.25, 0.3) is 10.9 Å². The number of nitrogens with zero attached hydrogens (tertiary/aromatic N) is 1. The first-order valence-electron chi connectivity index (χ1n) is 7.01. The SMILES string of the molecule is CCCN(C)S(=O)(=O)Cc1ccc2cc(C(=O)OC)[nH]c2c1. The van der Waals surface area contributed by atoms with Crippen LogP contribution in [0.15, 0.2) is 24.3 Å². The third kappa shape index (κ3) is 3.48. The Morgan fingerprint density at radius 2 is 2.05 bits per heavy atom. The van der Waals surface area contributed by atoms with Crippen LogP contribution in [0.5, 0.6) is 0 Å². The largest absolute Gasteiger partial charge is 0.464 e. The molecule has 0 spiro atoms. The van der Waals surface area contributed by atoms with Gasteiger partial charge < -0.3 is 9.72 Å². The van der Waals surface area contributed by atoms with Gasteiger partial charge in [-0.15, -0.1) is 0 Å². The molecule has 6 nitrogen and oxygen atoms in total. The number of benzene rings is 1. The predicted molar refractivity (Wildman–Crippen MR) is 85.2 cm³/mol. The van der Waals surface area contributed by atoms with Crippen molar-refractivity contribution in [3.8, 4) is 0 Å². The van der Waals surface area contributed by atoms with Crippen LogP contribution in [0.1, 0.15) is 29.4 Å². The van der Waals surface area contributed by atoms with Crippen LogP contribution in [0.3, 0.4) is 0 Å². The van der Waals surface area contributed by atoms with Gasteiger partial charge in [0.15, 0.2) is 0 Å². The average Bonchev–Trinajstić information content (AvgIpc) is 2.89. The molecule has 0 saturated heterocycles. The maximum atomic E-state index is 12.2. The van der Waals surface area contributed by atoms with Gasteiger partial charge in [-0.25, -0.2) is 17.5 Å². The predicted octanol–water partition coefficient (Wildman–Crippen LogP) is 2.13. The van der Waals surface area contributed by atoms with Gasteiger partial charge in [-0.05, 0) is 24.1 Å². The summed E-state index contributed by atoms with van der Waals surface area (Å²) >= 11 is 0. The minimum atomic E-state index is -3.33. The summed E-state index contributed by atoms with van der Waals surface area (Å²) in [6, 6.07) is 6.99. The molecule has 0 amide bonds. The fraction of sp³-hybridized carbons (Fsp3) is 0.400. The van der Waals surface area contributed by atoms with Crippen molar-refractivity contribution in [2.45, 2.75) is 19.1 Å². The van der Waals surface area contributed by atoms with Crippen molar-refractivity contribution in [1.29, 1.82) is 0 Å². The van der Waals surface area contributed by atoms with Crippen molar-refractivity contribution in [2.24, 2.45) is 0 Å². The molecule has 1 aromatic carbocycles. The van der Waals surface area contributed by atoms with Crippen LogP contribution in [-0.2, 0) is 20.5 Å². The van der Waals surface area contributed by atoms with Gasteiger partial charge in [0.25, 0.3) is 0 Å². The number of hydrogen-bond donors (Lipinski definition) is 1. The molecular weight excluding hydrogens is 304 g/mol. The quantitative estimate of drug-likeness (QED) is 0.826. The van der Waals surface area contributed by atoms with Gasteiger partial charge in [0.05, 0.1) is 12.9 Å². The van der Waals surface area contributed by atoms with Crippen molar-refractivity contribution >= 4 is 26.9 Å². The number of carbonyl (C=O) groups excluding carboxylic acids is 1. The maximum Gasteiger partial charge on any atom is 0.354 e. The van der Waals surface area contributed by atoms with Gasteiger partial charge in [-0.2, -0.15) is 0 Å². The van der Waals surface area contributed by atoms with E-state index in [0.29, 0.717) is 23.3 Å². The summed E-state index contributed by atoms with van der Waals surface area (Å²) in [5, 5.41) is 0.837. The number of H-pyrrole nitrogens is 1. The van der Waals surface area contributed by atoms with E-state index < -0.39 is 16.0 Å².